The Morgan fingerprint density at radius 2 is 1.94 bits per heavy atom. The highest BCUT2D eigenvalue weighted by molar-refractivity contribution is 5.83. The van der Waals surface area contributed by atoms with Crippen molar-refractivity contribution in [2.75, 3.05) is 6.54 Å². The zero-order valence-corrected chi connectivity index (χ0v) is 9.52. The van der Waals surface area contributed by atoms with Crippen LogP contribution in [0.25, 0.3) is 0 Å². The number of hydrogen-bond donors (Lipinski definition) is 1. The van der Waals surface area contributed by atoms with E-state index in [4.69, 9.17) is 5.11 Å². The minimum atomic E-state index is -0.848. The summed E-state index contributed by atoms with van der Waals surface area (Å²) in [5.74, 6) is -0.0736. The Morgan fingerprint density at radius 3 is 2.56 bits per heavy atom. The molecule has 1 N–H and O–H groups in total. The second-order valence-corrected chi connectivity index (χ2v) is 4.92. The zero-order valence-electron chi connectivity index (χ0n) is 9.52. The number of nitrogens with zero attached hydrogens (tertiary/aromatic N) is 1. The van der Waals surface area contributed by atoms with E-state index in [0.717, 1.165) is 25.2 Å². The predicted octanol–water partition coefficient (Wildman–Crippen LogP) is 1.64. The van der Waals surface area contributed by atoms with E-state index in [2.05, 4.69) is 0 Å². The second-order valence-electron chi connectivity index (χ2n) is 4.92. The van der Waals surface area contributed by atoms with Crippen molar-refractivity contribution in [3.8, 4) is 0 Å². The maximum absolute atomic E-state index is 11.9. The third-order valence-corrected chi connectivity index (χ3v) is 3.57. The van der Waals surface area contributed by atoms with Crippen LogP contribution in [0, 0.1) is 5.92 Å². The molecule has 90 valence electrons. The monoisotopic (exact) mass is 225 g/mol. The average molecular weight is 225 g/mol. The van der Waals surface area contributed by atoms with E-state index in [0.29, 0.717) is 19.4 Å². The third-order valence-electron chi connectivity index (χ3n) is 3.57. The van der Waals surface area contributed by atoms with Crippen molar-refractivity contribution in [3.05, 3.63) is 0 Å². The van der Waals surface area contributed by atoms with Gasteiger partial charge in [-0.25, -0.2) is 4.79 Å². The van der Waals surface area contributed by atoms with Crippen LogP contribution in [-0.2, 0) is 9.59 Å². The number of likely N-dealkylation sites (tertiary alicyclic amines) is 1. The molecule has 4 heteroatoms. The van der Waals surface area contributed by atoms with Gasteiger partial charge in [-0.05, 0) is 31.6 Å². The topological polar surface area (TPSA) is 57.6 Å². The van der Waals surface area contributed by atoms with Crippen LogP contribution >= 0.6 is 0 Å². The third kappa shape index (κ3) is 2.74. The lowest BCUT2D eigenvalue weighted by Crippen LogP contribution is -2.47. The smallest absolute Gasteiger partial charge is 0.326 e. The van der Waals surface area contributed by atoms with Gasteiger partial charge in [0.25, 0.3) is 0 Å². The quantitative estimate of drug-likeness (QED) is 0.791. The fourth-order valence-electron chi connectivity index (χ4n) is 2.36. The molecule has 0 radical (unpaired) electrons. The number of amides is 1. The number of carboxylic acids is 1. The van der Waals surface area contributed by atoms with Gasteiger partial charge in [0.2, 0.25) is 5.91 Å². The highest BCUT2D eigenvalue weighted by Crippen LogP contribution is 2.34. The molecule has 1 aliphatic carbocycles. The van der Waals surface area contributed by atoms with Crippen LogP contribution in [0.1, 0.15) is 44.9 Å². The molecular formula is C12H19NO3. The van der Waals surface area contributed by atoms with Gasteiger partial charge in [-0.3, -0.25) is 4.79 Å². The van der Waals surface area contributed by atoms with E-state index in [1.165, 1.54) is 12.8 Å². The maximum atomic E-state index is 11.9. The highest BCUT2D eigenvalue weighted by atomic mass is 16.4. The van der Waals surface area contributed by atoms with Crippen molar-refractivity contribution < 1.29 is 14.7 Å². The summed E-state index contributed by atoms with van der Waals surface area (Å²) in [6.45, 7) is 0.625. The van der Waals surface area contributed by atoms with Gasteiger partial charge < -0.3 is 10.0 Å². The Labute approximate surface area is 95.6 Å². The van der Waals surface area contributed by atoms with Gasteiger partial charge in [-0.15, -0.1) is 0 Å². The number of carbonyl (C=O) groups is 2. The first kappa shape index (κ1) is 11.4. The summed E-state index contributed by atoms with van der Waals surface area (Å²) in [4.78, 5) is 24.5. The molecule has 0 aromatic heterocycles. The number of carboxylic acid groups (broad SMARTS) is 1. The molecule has 2 fully saturated rings. The van der Waals surface area contributed by atoms with E-state index in [1.54, 1.807) is 4.90 Å². The minimum absolute atomic E-state index is 0.0407. The highest BCUT2D eigenvalue weighted by Gasteiger charge is 2.32. The molecule has 2 aliphatic rings. The van der Waals surface area contributed by atoms with Gasteiger partial charge in [0.15, 0.2) is 0 Å². The summed E-state index contributed by atoms with van der Waals surface area (Å²) in [7, 11) is 0. The Morgan fingerprint density at radius 1 is 1.19 bits per heavy atom. The van der Waals surface area contributed by atoms with Crippen LogP contribution in [0.15, 0.2) is 0 Å². The van der Waals surface area contributed by atoms with Gasteiger partial charge in [-0.2, -0.15) is 0 Å². The number of carbonyl (C=O) groups excluding carboxylic acids is 1. The van der Waals surface area contributed by atoms with Crippen molar-refractivity contribution in [3.63, 3.8) is 0 Å². The Hall–Kier alpha value is -1.06. The number of rotatable bonds is 4. The average Bonchev–Trinajstić information content (AvgIpc) is 3.09. The summed E-state index contributed by atoms with van der Waals surface area (Å²) in [6.07, 6.45) is 6.45. The van der Waals surface area contributed by atoms with Gasteiger partial charge >= 0.3 is 5.97 Å². The SMILES string of the molecule is O=C(O)[C@H]1CCCCN1C(=O)CCC1CC1. The van der Waals surface area contributed by atoms with E-state index < -0.39 is 12.0 Å². The van der Waals surface area contributed by atoms with Gasteiger partial charge in [0.1, 0.15) is 6.04 Å². The molecule has 0 aromatic rings. The van der Waals surface area contributed by atoms with Crippen molar-refractivity contribution >= 4 is 11.9 Å². The summed E-state index contributed by atoms with van der Waals surface area (Å²) in [5.41, 5.74) is 0. The van der Waals surface area contributed by atoms with E-state index in [9.17, 15) is 9.59 Å². The molecular weight excluding hydrogens is 206 g/mol. The van der Waals surface area contributed by atoms with Crippen molar-refractivity contribution in [2.45, 2.75) is 51.0 Å². The Bertz CT molecular complexity index is 286. The zero-order chi connectivity index (χ0) is 11.5. The lowest BCUT2D eigenvalue weighted by molar-refractivity contribution is -0.152. The largest absolute Gasteiger partial charge is 0.480 e. The van der Waals surface area contributed by atoms with Crippen LogP contribution in [0.2, 0.25) is 0 Å². The molecule has 0 spiro atoms. The first-order chi connectivity index (χ1) is 7.68. The normalized spacial score (nSPS) is 25.5. The van der Waals surface area contributed by atoms with E-state index >= 15 is 0 Å². The van der Waals surface area contributed by atoms with Gasteiger partial charge in [0.05, 0.1) is 0 Å². The summed E-state index contributed by atoms with van der Waals surface area (Å²) < 4.78 is 0. The van der Waals surface area contributed by atoms with Crippen molar-refractivity contribution in [2.24, 2.45) is 5.92 Å². The van der Waals surface area contributed by atoms with Crippen molar-refractivity contribution in [1.29, 1.82) is 0 Å². The van der Waals surface area contributed by atoms with Crippen LogP contribution in [0.4, 0.5) is 0 Å². The van der Waals surface area contributed by atoms with E-state index in [-0.39, 0.29) is 5.91 Å². The molecule has 0 unspecified atom stereocenters. The lowest BCUT2D eigenvalue weighted by atomic mass is 10.0. The molecule has 1 atom stereocenters. The fraction of sp³-hybridized carbons (Fsp3) is 0.833. The molecule has 1 amide bonds. The molecule has 16 heavy (non-hydrogen) atoms. The summed E-state index contributed by atoms with van der Waals surface area (Å²) in [6, 6.07) is -0.569. The molecule has 0 aromatic carbocycles. The minimum Gasteiger partial charge on any atom is -0.480 e. The van der Waals surface area contributed by atoms with Crippen LogP contribution in [0.3, 0.4) is 0 Å². The first-order valence-corrected chi connectivity index (χ1v) is 6.21. The summed E-state index contributed by atoms with van der Waals surface area (Å²) >= 11 is 0. The fourth-order valence-corrected chi connectivity index (χ4v) is 2.36. The molecule has 1 aliphatic heterocycles. The van der Waals surface area contributed by atoms with Gasteiger partial charge in [-0.1, -0.05) is 12.8 Å². The lowest BCUT2D eigenvalue weighted by Gasteiger charge is -2.33. The summed E-state index contributed by atoms with van der Waals surface area (Å²) in [5, 5.41) is 9.05. The Kier molecular flexibility index (Phi) is 3.46. The van der Waals surface area contributed by atoms with E-state index in [1.807, 2.05) is 0 Å². The molecule has 1 saturated carbocycles. The number of hydrogen-bond acceptors (Lipinski definition) is 2. The molecule has 1 saturated heterocycles. The number of aliphatic carboxylic acids is 1. The molecule has 0 bridgehead atoms. The van der Waals surface area contributed by atoms with Crippen LogP contribution in [-0.4, -0.2) is 34.5 Å². The standard InChI is InChI=1S/C12H19NO3/c14-11(7-6-9-4-5-9)13-8-2-1-3-10(13)12(15)16/h9-10H,1-8H2,(H,15,16)/t10-/m1/s1. The molecule has 1 heterocycles. The van der Waals surface area contributed by atoms with Gasteiger partial charge in [0, 0.05) is 13.0 Å². The molecule has 4 nitrogen and oxygen atoms in total. The first-order valence-electron chi connectivity index (χ1n) is 6.21. The Balaban J connectivity index is 1.87. The van der Waals surface area contributed by atoms with Crippen molar-refractivity contribution in [1.82, 2.24) is 4.90 Å². The van der Waals surface area contributed by atoms with Crippen LogP contribution in [0.5, 0.6) is 0 Å². The second kappa shape index (κ2) is 4.85. The number of piperidine rings is 1. The van der Waals surface area contributed by atoms with Crippen LogP contribution < -0.4 is 0 Å². The predicted molar refractivity (Wildman–Crippen MR) is 58.9 cm³/mol. The molecule has 2 rings (SSSR count). The maximum Gasteiger partial charge on any atom is 0.326 e.